The highest BCUT2D eigenvalue weighted by molar-refractivity contribution is 7.90. The van der Waals surface area contributed by atoms with Crippen molar-refractivity contribution in [1.82, 2.24) is 9.78 Å². The fourth-order valence-electron chi connectivity index (χ4n) is 2.57. The summed E-state index contributed by atoms with van der Waals surface area (Å²) >= 11 is 0. The molecule has 0 fully saturated rings. The zero-order valence-electron chi connectivity index (χ0n) is 15.9. The molecule has 0 saturated heterocycles. The van der Waals surface area contributed by atoms with Gasteiger partial charge in [-0.1, -0.05) is 13.8 Å². The Morgan fingerprint density at radius 2 is 1.83 bits per heavy atom. The molecule has 7 nitrogen and oxygen atoms in total. The highest BCUT2D eigenvalue weighted by Gasteiger charge is 2.42. The van der Waals surface area contributed by atoms with Gasteiger partial charge in [-0.05, 0) is 11.5 Å². The number of ether oxygens (including phenoxy) is 1. The van der Waals surface area contributed by atoms with Crippen molar-refractivity contribution in [2.75, 3.05) is 6.61 Å². The Kier molecular flexibility index (Phi) is 6.31. The number of sulfone groups is 1. The third kappa shape index (κ3) is 5.34. The summed E-state index contributed by atoms with van der Waals surface area (Å²) in [5, 5.41) is 14.2. The van der Waals surface area contributed by atoms with Gasteiger partial charge in [0.25, 0.3) is 0 Å². The van der Waals surface area contributed by atoms with Gasteiger partial charge in [-0.15, -0.1) is 0 Å². The van der Waals surface area contributed by atoms with Crippen LogP contribution in [0.25, 0.3) is 0 Å². The van der Waals surface area contributed by atoms with E-state index < -0.39 is 56.7 Å². The minimum atomic E-state index is -5.17. The second-order valence-corrected chi connectivity index (χ2v) is 8.63. The summed E-state index contributed by atoms with van der Waals surface area (Å²) in [6.45, 7) is 1.45. The maximum atomic E-state index is 13.3. The molecule has 2 aromatic rings. The average Bonchev–Trinajstić information content (AvgIpc) is 2.87. The summed E-state index contributed by atoms with van der Waals surface area (Å²) < 4.78 is 108. The average molecular weight is 461 g/mol. The zero-order valence-corrected chi connectivity index (χ0v) is 16.7. The Morgan fingerprint density at radius 3 is 2.33 bits per heavy atom. The van der Waals surface area contributed by atoms with Crippen LogP contribution in [0.2, 0.25) is 0 Å². The van der Waals surface area contributed by atoms with E-state index in [1.165, 1.54) is 6.07 Å². The number of hydrogen-bond acceptors (Lipinski definition) is 5. The van der Waals surface area contributed by atoms with Gasteiger partial charge >= 0.3 is 17.4 Å². The van der Waals surface area contributed by atoms with E-state index in [9.17, 15) is 40.0 Å². The van der Waals surface area contributed by atoms with Gasteiger partial charge < -0.3 is 9.94 Å². The van der Waals surface area contributed by atoms with Gasteiger partial charge in [0.2, 0.25) is 15.7 Å². The van der Waals surface area contributed by atoms with Crippen LogP contribution in [-0.4, -0.2) is 31.0 Å². The summed E-state index contributed by atoms with van der Waals surface area (Å²) in [6, 6.07) is 2.35. The molecule has 0 atom stereocenters. The van der Waals surface area contributed by atoms with Crippen molar-refractivity contribution in [3.8, 4) is 5.88 Å². The van der Waals surface area contributed by atoms with Crippen molar-refractivity contribution in [2.24, 2.45) is 7.05 Å². The molecule has 0 aliphatic heterocycles. The molecule has 0 N–H and O–H groups in total. The lowest BCUT2D eigenvalue weighted by atomic mass is 10.1. The van der Waals surface area contributed by atoms with Gasteiger partial charge in [-0.3, -0.25) is 0 Å². The van der Waals surface area contributed by atoms with Gasteiger partial charge in [0.15, 0.2) is 18.5 Å². The Labute approximate surface area is 167 Å². The zero-order chi connectivity index (χ0) is 23.1. The molecular formula is C16H17F6N3O4S. The standard InChI is InChI=1S/C16H17F6N3O4S/c1-9(2)10-4-5-25(26)12(6-10)30(27,28)7-11-13(16(20,21)22)23-24(3)14(11)29-8-15(17,18)19/h4-6,9H,7-8H2,1-3H3. The fraction of sp³-hybridized carbons (Fsp3) is 0.500. The number of aryl methyl sites for hydroxylation is 1. The van der Waals surface area contributed by atoms with Crippen LogP contribution >= 0.6 is 0 Å². The molecule has 2 rings (SSSR count). The molecular weight excluding hydrogens is 444 g/mol. The van der Waals surface area contributed by atoms with Gasteiger partial charge in [0.1, 0.15) is 0 Å². The van der Waals surface area contributed by atoms with E-state index in [0.29, 0.717) is 10.2 Å². The minimum Gasteiger partial charge on any atom is -0.618 e. The molecule has 0 unspecified atom stereocenters. The normalized spacial score (nSPS) is 13.1. The predicted molar refractivity (Wildman–Crippen MR) is 90.1 cm³/mol. The molecule has 0 aromatic carbocycles. The molecule has 14 heteroatoms. The third-order valence-corrected chi connectivity index (χ3v) is 5.56. The predicted octanol–water partition coefficient (Wildman–Crippen LogP) is 3.11. The highest BCUT2D eigenvalue weighted by atomic mass is 32.2. The first-order chi connectivity index (χ1) is 13.5. The first kappa shape index (κ1) is 23.8. The molecule has 0 spiro atoms. The Hall–Kier alpha value is -2.51. The van der Waals surface area contributed by atoms with E-state index in [4.69, 9.17) is 0 Å². The van der Waals surface area contributed by atoms with Crippen LogP contribution in [0.4, 0.5) is 26.3 Å². The molecule has 0 amide bonds. The number of alkyl halides is 6. The van der Waals surface area contributed by atoms with Gasteiger partial charge in [0, 0.05) is 19.2 Å². The molecule has 0 aliphatic rings. The largest absolute Gasteiger partial charge is 0.618 e. The lowest BCUT2D eigenvalue weighted by molar-refractivity contribution is -0.646. The van der Waals surface area contributed by atoms with E-state index in [-0.39, 0.29) is 10.6 Å². The number of hydrogen-bond donors (Lipinski definition) is 0. The summed E-state index contributed by atoms with van der Waals surface area (Å²) in [5.74, 6) is -2.65. The maximum Gasteiger partial charge on any atom is 0.435 e. The lowest BCUT2D eigenvalue weighted by Gasteiger charge is -2.13. The van der Waals surface area contributed by atoms with Crippen molar-refractivity contribution in [2.45, 2.75) is 42.9 Å². The molecule has 0 bridgehead atoms. The molecule has 2 heterocycles. The number of aromatic nitrogens is 3. The van der Waals surface area contributed by atoms with E-state index in [0.717, 1.165) is 19.3 Å². The summed E-state index contributed by atoms with van der Waals surface area (Å²) in [4.78, 5) is 0. The second-order valence-electron chi connectivity index (χ2n) is 6.70. The van der Waals surface area contributed by atoms with E-state index in [1.54, 1.807) is 13.8 Å². The number of nitrogens with zero attached hydrogens (tertiary/aromatic N) is 3. The van der Waals surface area contributed by atoms with E-state index >= 15 is 0 Å². The lowest BCUT2D eigenvalue weighted by Crippen LogP contribution is -2.34. The number of pyridine rings is 1. The Bertz CT molecular complexity index is 1030. The Morgan fingerprint density at radius 1 is 1.23 bits per heavy atom. The first-order valence-electron chi connectivity index (χ1n) is 8.31. The van der Waals surface area contributed by atoms with Crippen LogP contribution < -0.4 is 9.47 Å². The van der Waals surface area contributed by atoms with Gasteiger partial charge in [0.05, 0.1) is 11.3 Å². The van der Waals surface area contributed by atoms with Crippen LogP contribution in [0.1, 0.15) is 36.6 Å². The van der Waals surface area contributed by atoms with Crippen LogP contribution in [0, 0.1) is 5.21 Å². The van der Waals surface area contributed by atoms with Gasteiger partial charge in [-0.25, -0.2) is 13.1 Å². The monoisotopic (exact) mass is 461 g/mol. The molecule has 0 saturated carbocycles. The minimum absolute atomic E-state index is 0.0406. The SMILES string of the molecule is CC(C)c1cc[n+]([O-])c(S(=O)(=O)Cc2c(C(F)(F)F)nn(C)c2OCC(F)(F)F)c1. The summed E-state index contributed by atoms with van der Waals surface area (Å²) in [7, 11) is -3.83. The van der Waals surface area contributed by atoms with E-state index in [1.807, 2.05) is 0 Å². The highest BCUT2D eigenvalue weighted by Crippen LogP contribution is 2.37. The number of halogens is 6. The summed E-state index contributed by atoms with van der Waals surface area (Å²) in [5.41, 5.74) is -2.41. The molecule has 0 radical (unpaired) electrons. The smallest absolute Gasteiger partial charge is 0.435 e. The van der Waals surface area contributed by atoms with Crippen LogP contribution in [0.5, 0.6) is 5.88 Å². The van der Waals surface area contributed by atoms with Crippen LogP contribution in [0.3, 0.4) is 0 Å². The molecule has 168 valence electrons. The van der Waals surface area contributed by atoms with Crippen molar-refractivity contribution in [3.63, 3.8) is 0 Å². The maximum absolute atomic E-state index is 13.3. The van der Waals surface area contributed by atoms with Gasteiger partial charge in [-0.2, -0.15) is 36.2 Å². The van der Waals surface area contributed by atoms with Crippen molar-refractivity contribution in [3.05, 3.63) is 40.4 Å². The number of rotatable bonds is 6. The topological polar surface area (TPSA) is 88.1 Å². The Balaban J connectivity index is 2.59. The van der Waals surface area contributed by atoms with Crippen molar-refractivity contribution < 1.29 is 44.2 Å². The first-order valence-corrected chi connectivity index (χ1v) is 9.96. The van der Waals surface area contributed by atoms with Crippen molar-refractivity contribution >= 4 is 9.84 Å². The second kappa shape index (κ2) is 7.96. The third-order valence-electron chi connectivity index (χ3n) is 3.96. The molecule has 30 heavy (non-hydrogen) atoms. The molecule has 2 aromatic heterocycles. The van der Waals surface area contributed by atoms with Crippen molar-refractivity contribution in [1.29, 1.82) is 0 Å². The van der Waals surface area contributed by atoms with E-state index in [2.05, 4.69) is 9.84 Å². The van der Waals surface area contributed by atoms with Crippen LogP contribution in [0.15, 0.2) is 23.4 Å². The van der Waals surface area contributed by atoms with Crippen LogP contribution in [-0.2, 0) is 28.8 Å². The molecule has 0 aliphatic carbocycles. The quantitative estimate of drug-likeness (QED) is 0.375. The summed E-state index contributed by atoms with van der Waals surface area (Å²) in [6.07, 6.45) is -9.17. The fourth-order valence-corrected chi connectivity index (χ4v) is 4.01.